The summed E-state index contributed by atoms with van der Waals surface area (Å²) in [5.41, 5.74) is 0.548. The van der Waals surface area contributed by atoms with Gasteiger partial charge in [-0.2, -0.15) is 0 Å². The number of sulfonamides is 2. The number of nitrogens with one attached hydrogen (secondary N) is 2. The molecule has 0 unspecified atom stereocenters. The Kier molecular flexibility index (Phi) is 6.39. The molecule has 10 nitrogen and oxygen atoms in total. The Morgan fingerprint density at radius 2 is 1.82 bits per heavy atom. The van der Waals surface area contributed by atoms with Crippen molar-refractivity contribution < 1.29 is 26.4 Å². The summed E-state index contributed by atoms with van der Waals surface area (Å²) in [7, 11) is -7.58. The summed E-state index contributed by atoms with van der Waals surface area (Å²) in [5.74, 6) is -0.231. The number of aromatic nitrogens is 1. The fourth-order valence-electron chi connectivity index (χ4n) is 3.23. The molecule has 1 aromatic heterocycles. The molecule has 2 N–H and O–H groups in total. The number of nitrogens with zero attached hydrogens (tertiary/aromatic N) is 2. The predicted molar refractivity (Wildman–Crippen MR) is 128 cm³/mol. The summed E-state index contributed by atoms with van der Waals surface area (Å²) in [6, 6.07) is 14.8. The number of carbonyl (C=O) groups excluding carboxylic acids is 1. The van der Waals surface area contributed by atoms with E-state index in [2.05, 4.69) is 15.0 Å². The molecule has 1 atom stereocenters. The monoisotopic (exact) mass is 522 g/mol. The average Bonchev–Trinajstić information content (AvgIpc) is 2.78. The van der Waals surface area contributed by atoms with Crippen LogP contribution in [0.25, 0.3) is 0 Å². The van der Waals surface area contributed by atoms with Crippen LogP contribution in [0.4, 0.5) is 17.2 Å². The molecule has 4 rings (SSSR count). The van der Waals surface area contributed by atoms with Crippen molar-refractivity contribution in [3.8, 4) is 5.75 Å². The third kappa shape index (κ3) is 5.24. The van der Waals surface area contributed by atoms with Crippen LogP contribution in [0.15, 0.2) is 71.8 Å². The highest BCUT2D eigenvalue weighted by Gasteiger charge is 2.35. The van der Waals surface area contributed by atoms with Crippen molar-refractivity contribution in [2.24, 2.45) is 0 Å². The molecule has 0 bridgehead atoms. The van der Waals surface area contributed by atoms with E-state index in [1.807, 2.05) is 0 Å². The molecule has 178 valence electrons. The summed E-state index contributed by atoms with van der Waals surface area (Å²) in [6.07, 6.45) is 1.34. The van der Waals surface area contributed by atoms with Gasteiger partial charge in [-0.15, -0.1) is 0 Å². The van der Waals surface area contributed by atoms with E-state index in [1.165, 1.54) is 54.7 Å². The molecular formula is C21H19ClN4O6S2. The van der Waals surface area contributed by atoms with E-state index in [0.29, 0.717) is 10.7 Å². The molecule has 2 aromatic carbocycles. The molecule has 0 aliphatic carbocycles. The molecule has 0 saturated carbocycles. The summed E-state index contributed by atoms with van der Waals surface area (Å²) in [6.45, 7) is -0.252. The van der Waals surface area contributed by atoms with Crippen LogP contribution in [0.5, 0.6) is 5.75 Å². The van der Waals surface area contributed by atoms with Crippen LogP contribution in [0.1, 0.15) is 0 Å². The first-order valence-electron chi connectivity index (χ1n) is 9.82. The Hall–Kier alpha value is -3.35. The first-order valence-corrected chi connectivity index (χ1v) is 13.5. The fraction of sp³-hybridized carbons (Fsp3) is 0.143. The number of anilines is 3. The van der Waals surface area contributed by atoms with Gasteiger partial charge in [0.1, 0.15) is 11.6 Å². The zero-order valence-corrected chi connectivity index (χ0v) is 20.1. The van der Waals surface area contributed by atoms with Crippen LogP contribution in [0, 0.1) is 0 Å². The van der Waals surface area contributed by atoms with Gasteiger partial charge in [0.05, 0.1) is 23.4 Å². The van der Waals surface area contributed by atoms with Gasteiger partial charge in [-0.05, 0) is 54.6 Å². The maximum absolute atomic E-state index is 12.8. The van der Waals surface area contributed by atoms with Crippen LogP contribution in [-0.4, -0.2) is 46.6 Å². The van der Waals surface area contributed by atoms with Crippen molar-refractivity contribution in [3.05, 3.63) is 71.9 Å². The first-order chi connectivity index (χ1) is 16.0. The molecule has 1 amide bonds. The van der Waals surface area contributed by atoms with Crippen LogP contribution >= 0.6 is 11.6 Å². The number of rotatable bonds is 6. The number of ether oxygens (including phenoxy) is 1. The number of amides is 1. The molecule has 2 heterocycles. The van der Waals surface area contributed by atoms with Crippen LogP contribution in [0.3, 0.4) is 0 Å². The van der Waals surface area contributed by atoms with Crippen molar-refractivity contribution in [3.63, 3.8) is 0 Å². The molecule has 0 saturated heterocycles. The normalized spacial score (nSPS) is 15.7. The third-order valence-corrected chi connectivity index (χ3v) is 7.57. The fourth-order valence-corrected chi connectivity index (χ4v) is 5.32. The molecule has 0 radical (unpaired) electrons. The van der Waals surface area contributed by atoms with Gasteiger partial charge in [0.2, 0.25) is 10.0 Å². The largest absolute Gasteiger partial charge is 0.476 e. The van der Waals surface area contributed by atoms with Crippen molar-refractivity contribution >= 4 is 54.7 Å². The number of carbonyl (C=O) groups is 1. The second kappa shape index (κ2) is 9.12. The van der Waals surface area contributed by atoms with E-state index in [-0.39, 0.29) is 28.7 Å². The van der Waals surface area contributed by atoms with E-state index in [1.54, 1.807) is 12.1 Å². The number of hydrogen-bond donors (Lipinski definition) is 2. The molecule has 34 heavy (non-hydrogen) atoms. The van der Waals surface area contributed by atoms with Gasteiger partial charge in [0.15, 0.2) is 6.10 Å². The molecule has 3 aromatic rings. The number of benzene rings is 2. The van der Waals surface area contributed by atoms with E-state index < -0.39 is 32.1 Å². The maximum atomic E-state index is 12.8. The van der Waals surface area contributed by atoms with Gasteiger partial charge in [-0.3, -0.25) is 13.8 Å². The molecule has 1 aliphatic rings. The SMILES string of the molecule is CS(=O)(=O)N1C[C@@H](C(=O)Nc2ccc(S(=O)(=O)Nc3ccccn3)cc2)Oc2ccc(Cl)cc21. The minimum atomic E-state index is -3.87. The quantitative estimate of drug-likeness (QED) is 0.508. The minimum absolute atomic E-state index is 0.0286. The minimum Gasteiger partial charge on any atom is -0.476 e. The van der Waals surface area contributed by atoms with Gasteiger partial charge in [-0.1, -0.05) is 17.7 Å². The molecular weight excluding hydrogens is 504 g/mol. The molecule has 1 aliphatic heterocycles. The second-order valence-electron chi connectivity index (χ2n) is 7.35. The highest BCUT2D eigenvalue weighted by Crippen LogP contribution is 2.37. The first kappa shape index (κ1) is 23.8. The van der Waals surface area contributed by atoms with Gasteiger partial charge < -0.3 is 10.1 Å². The van der Waals surface area contributed by atoms with E-state index >= 15 is 0 Å². The summed E-state index contributed by atoms with van der Waals surface area (Å²) < 4.78 is 58.7. The number of fused-ring (bicyclic) bond motifs is 1. The van der Waals surface area contributed by atoms with E-state index in [4.69, 9.17) is 16.3 Å². The Bertz CT molecular complexity index is 1430. The highest BCUT2D eigenvalue weighted by molar-refractivity contribution is 7.92. The highest BCUT2D eigenvalue weighted by atomic mass is 35.5. The zero-order chi connectivity index (χ0) is 24.5. The van der Waals surface area contributed by atoms with Crippen molar-refractivity contribution in [1.29, 1.82) is 0 Å². The lowest BCUT2D eigenvalue weighted by Crippen LogP contribution is -2.48. The standard InChI is InChI=1S/C21H19ClN4O6S2/c1-33(28,29)26-13-19(32-18-10-5-14(22)12-17(18)26)21(27)24-15-6-8-16(9-7-15)34(30,31)25-20-4-2-3-11-23-20/h2-12,19H,13H2,1H3,(H,23,25)(H,24,27)/t19-/m0/s1. The van der Waals surface area contributed by atoms with Crippen LogP contribution in [-0.2, 0) is 24.8 Å². The maximum Gasteiger partial charge on any atom is 0.267 e. The van der Waals surface area contributed by atoms with E-state index in [0.717, 1.165) is 10.6 Å². The van der Waals surface area contributed by atoms with Crippen molar-refractivity contribution in [2.45, 2.75) is 11.0 Å². The number of pyridine rings is 1. The third-order valence-electron chi connectivity index (χ3n) is 4.82. The number of halogens is 1. The Balaban J connectivity index is 1.49. The second-order valence-corrected chi connectivity index (χ2v) is 11.4. The number of hydrogen-bond acceptors (Lipinski definition) is 7. The molecule has 0 fully saturated rings. The lowest BCUT2D eigenvalue weighted by molar-refractivity contribution is -0.122. The predicted octanol–water partition coefficient (Wildman–Crippen LogP) is 2.70. The lowest BCUT2D eigenvalue weighted by Gasteiger charge is -2.34. The van der Waals surface area contributed by atoms with Gasteiger partial charge in [-0.25, -0.2) is 21.8 Å². The van der Waals surface area contributed by atoms with Gasteiger partial charge in [0, 0.05) is 16.9 Å². The van der Waals surface area contributed by atoms with E-state index in [9.17, 15) is 21.6 Å². The summed E-state index contributed by atoms with van der Waals surface area (Å²) >= 11 is 5.98. The van der Waals surface area contributed by atoms with Gasteiger partial charge >= 0.3 is 0 Å². The smallest absolute Gasteiger partial charge is 0.267 e. The van der Waals surface area contributed by atoms with Crippen molar-refractivity contribution in [1.82, 2.24) is 4.98 Å². The van der Waals surface area contributed by atoms with Gasteiger partial charge in [0.25, 0.3) is 15.9 Å². The Labute approximate surface area is 201 Å². The van der Waals surface area contributed by atoms with Crippen LogP contribution in [0.2, 0.25) is 5.02 Å². The Morgan fingerprint density at radius 3 is 2.47 bits per heavy atom. The lowest BCUT2D eigenvalue weighted by atomic mass is 10.2. The summed E-state index contributed by atoms with van der Waals surface area (Å²) in [4.78, 5) is 16.7. The molecule has 0 spiro atoms. The molecule has 13 heteroatoms. The Morgan fingerprint density at radius 1 is 1.09 bits per heavy atom. The average molecular weight is 523 g/mol. The van der Waals surface area contributed by atoms with Crippen LogP contribution < -0.4 is 19.1 Å². The zero-order valence-electron chi connectivity index (χ0n) is 17.7. The topological polar surface area (TPSA) is 135 Å². The van der Waals surface area contributed by atoms with Crippen molar-refractivity contribution in [2.75, 3.05) is 27.1 Å². The summed E-state index contributed by atoms with van der Waals surface area (Å²) in [5, 5.41) is 2.94.